The maximum atomic E-state index is 12.6. The molecule has 1 unspecified atom stereocenters. The van der Waals surface area contributed by atoms with E-state index in [0.29, 0.717) is 31.6 Å². The molecule has 0 N–H and O–H groups in total. The van der Waals surface area contributed by atoms with Crippen molar-refractivity contribution in [2.45, 2.75) is 30.4 Å². The second kappa shape index (κ2) is 6.35. The van der Waals surface area contributed by atoms with Crippen LogP contribution in [0.4, 0.5) is 5.82 Å². The van der Waals surface area contributed by atoms with Crippen molar-refractivity contribution in [2.75, 3.05) is 17.5 Å². The standard InChI is InChI=1S/C16H17N3O3S/c20-23-14-4-2-1-3-12(14)11-19(23)15-5-8-17-16(18-15)22-13-6-9-21-10-7-13/h1-5,8,13H,6-7,9-11H2. The van der Waals surface area contributed by atoms with E-state index in [9.17, 15) is 4.55 Å². The van der Waals surface area contributed by atoms with Gasteiger partial charge in [-0.3, -0.25) is 0 Å². The summed E-state index contributed by atoms with van der Waals surface area (Å²) in [7, 11) is 0. The van der Waals surface area contributed by atoms with Crippen molar-refractivity contribution < 1.29 is 14.0 Å². The van der Waals surface area contributed by atoms with Gasteiger partial charge in [-0.2, -0.15) is 9.29 Å². The Labute approximate surface area is 137 Å². The topological polar surface area (TPSA) is 70.5 Å². The van der Waals surface area contributed by atoms with Crippen molar-refractivity contribution >= 4 is 17.2 Å². The van der Waals surface area contributed by atoms with Crippen LogP contribution in [0.5, 0.6) is 6.01 Å². The molecule has 1 fully saturated rings. The molecule has 0 amide bonds. The zero-order valence-corrected chi connectivity index (χ0v) is 13.4. The molecule has 1 saturated heterocycles. The fraction of sp³-hybridized carbons (Fsp3) is 0.375. The summed E-state index contributed by atoms with van der Waals surface area (Å²) in [5, 5.41) is 0. The smallest absolute Gasteiger partial charge is 0.318 e. The third kappa shape index (κ3) is 2.99. The van der Waals surface area contributed by atoms with E-state index in [4.69, 9.17) is 9.47 Å². The Balaban J connectivity index is 1.53. The summed E-state index contributed by atoms with van der Waals surface area (Å²) < 4.78 is 25.5. The van der Waals surface area contributed by atoms with Gasteiger partial charge in [-0.15, -0.1) is 0 Å². The number of ether oxygens (including phenoxy) is 2. The fourth-order valence-electron chi connectivity index (χ4n) is 2.77. The molecule has 3 heterocycles. The van der Waals surface area contributed by atoms with Crippen LogP contribution >= 0.6 is 0 Å². The number of fused-ring (bicyclic) bond motifs is 1. The molecule has 23 heavy (non-hydrogen) atoms. The third-order valence-corrected chi connectivity index (χ3v) is 5.48. The molecule has 1 aromatic carbocycles. The first kappa shape index (κ1) is 14.7. The molecule has 1 aromatic heterocycles. The average molecular weight is 331 g/mol. The van der Waals surface area contributed by atoms with E-state index >= 15 is 0 Å². The van der Waals surface area contributed by atoms with Crippen molar-refractivity contribution in [3.05, 3.63) is 42.1 Å². The Morgan fingerprint density at radius 2 is 2.04 bits per heavy atom. The minimum absolute atomic E-state index is 0.0836. The number of anilines is 1. The van der Waals surface area contributed by atoms with Gasteiger partial charge in [0, 0.05) is 30.7 Å². The van der Waals surface area contributed by atoms with Crippen LogP contribution in [0.3, 0.4) is 0 Å². The number of hydrogen-bond acceptors (Lipinski definition) is 6. The molecule has 6 nitrogen and oxygen atoms in total. The summed E-state index contributed by atoms with van der Waals surface area (Å²) in [5.41, 5.74) is 1.07. The highest BCUT2D eigenvalue weighted by molar-refractivity contribution is 7.93. The molecule has 2 aliphatic rings. The highest BCUT2D eigenvalue weighted by atomic mass is 32.2. The minimum Gasteiger partial charge on any atom is -0.588 e. The number of nitrogens with zero attached hydrogens (tertiary/aromatic N) is 3. The number of aromatic nitrogens is 2. The number of benzene rings is 1. The quantitative estimate of drug-likeness (QED) is 0.802. The fourth-order valence-corrected chi connectivity index (χ4v) is 4.09. The van der Waals surface area contributed by atoms with E-state index in [0.717, 1.165) is 23.3 Å². The van der Waals surface area contributed by atoms with Gasteiger partial charge >= 0.3 is 6.01 Å². The van der Waals surface area contributed by atoms with Gasteiger partial charge in [0.15, 0.2) is 10.7 Å². The van der Waals surface area contributed by atoms with Gasteiger partial charge in [-0.1, -0.05) is 18.2 Å². The highest BCUT2D eigenvalue weighted by Gasteiger charge is 2.35. The SMILES string of the molecule is [O-][S+]1c2ccccc2CN1c1ccnc(OC2CCOCC2)n1. The highest BCUT2D eigenvalue weighted by Crippen LogP contribution is 2.33. The molecule has 2 aliphatic heterocycles. The van der Waals surface area contributed by atoms with Crippen molar-refractivity contribution in [2.24, 2.45) is 0 Å². The number of rotatable bonds is 3. The van der Waals surface area contributed by atoms with E-state index in [2.05, 4.69) is 9.97 Å². The Hall–Kier alpha value is -1.83. The van der Waals surface area contributed by atoms with E-state index in [-0.39, 0.29) is 6.10 Å². The molecule has 0 spiro atoms. The van der Waals surface area contributed by atoms with Gasteiger partial charge in [-0.05, 0) is 6.07 Å². The Morgan fingerprint density at radius 1 is 1.22 bits per heavy atom. The lowest BCUT2D eigenvalue weighted by Gasteiger charge is -2.23. The molecule has 0 radical (unpaired) electrons. The summed E-state index contributed by atoms with van der Waals surface area (Å²) in [6.45, 7) is 1.99. The second-order valence-corrected chi connectivity index (χ2v) is 6.90. The Morgan fingerprint density at radius 3 is 2.87 bits per heavy atom. The van der Waals surface area contributed by atoms with E-state index < -0.39 is 11.4 Å². The second-order valence-electron chi connectivity index (χ2n) is 5.52. The van der Waals surface area contributed by atoms with Crippen LogP contribution in [0.15, 0.2) is 41.4 Å². The first-order valence-corrected chi connectivity index (χ1v) is 8.77. The first-order chi connectivity index (χ1) is 11.3. The minimum atomic E-state index is -1.23. The first-order valence-electron chi connectivity index (χ1n) is 7.66. The molecular weight excluding hydrogens is 314 g/mol. The van der Waals surface area contributed by atoms with Crippen LogP contribution in [0, 0.1) is 0 Å². The van der Waals surface area contributed by atoms with Gasteiger partial charge in [0.25, 0.3) is 0 Å². The summed E-state index contributed by atoms with van der Waals surface area (Å²) in [5.74, 6) is 0.622. The Kier molecular flexibility index (Phi) is 4.07. The molecular formula is C16H17N3O3S. The largest absolute Gasteiger partial charge is 0.588 e. The van der Waals surface area contributed by atoms with E-state index in [1.165, 1.54) is 0 Å². The van der Waals surface area contributed by atoms with Crippen molar-refractivity contribution in [1.29, 1.82) is 0 Å². The molecule has 0 saturated carbocycles. The maximum Gasteiger partial charge on any atom is 0.318 e. The van der Waals surface area contributed by atoms with Crippen LogP contribution in [-0.2, 0) is 22.6 Å². The molecule has 0 aliphatic carbocycles. The summed E-state index contributed by atoms with van der Waals surface area (Å²) in [4.78, 5) is 9.47. The molecule has 4 rings (SSSR count). The van der Waals surface area contributed by atoms with Gasteiger partial charge in [0.05, 0.1) is 19.8 Å². The number of hydrogen-bond donors (Lipinski definition) is 0. The lowest BCUT2D eigenvalue weighted by molar-refractivity contribution is 0.0217. The summed E-state index contributed by atoms with van der Waals surface area (Å²) in [6.07, 6.45) is 3.42. The van der Waals surface area contributed by atoms with Crippen LogP contribution in [-0.4, -0.2) is 33.8 Å². The van der Waals surface area contributed by atoms with E-state index in [1.807, 2.05) is 24.3 Å². The van der Waals surface area contributed by atoms with Crippen LogP contribution in [0.2, 0.25) is 0 Å². The lowest BCUT2D eigenvalue weighted by Crippen LogP contribution is -2.28. The average Bonchev–Trinajstić information content (AvgIpc) is 2.93. The van der Waals surface area contributed by atoms with Gasteiger partial charge < -0.3 is 14.0 Å². The molecule has 120 valence electrons. The molecule has 2 aromatic rings. The van der Waals surface area contributed by atoms with E-state index in [1.54, 1.807) is 16.6 Å². The summed E-state index contributed by atoms with van der Waals surface area (Å²) in [6, 6.07) is 9.85. The van der Waals surface area contributed by atoms with Gasteiger partial charge in [0.2, 0.25) is 0 Å². The van der Waals surface area contributed by atoms with Gasteiger partial charge in [-0.25, -0.2) is 4.98 Å². The van der Waals surface area contributed by atoms with Crippen molar-refractivity contribution in [3.8, 4) is 6.01 Å². The van der Waals surface area contributed by atoms with Gasteiger partial charge in [0.1, 0.15) is 17.5 Å². The maximum absolute atomic E-state index is 12.6. The third-order valence-electron chi connectivity index (χ3n) is 3.99. The van der Waals surface area contributed by atoms with Crippen molar-refractivity contribution in [1.82, 2.24) is 9.97 Å². The van der Waals surface area contributed by atoms with Crippen LogP contribution < -0.4 is 9.04 Å². The monoisotopic (exact) mass is 331 g/mol. The zero-order chi connectivity index (χ0) is 15.6. The van der Waals surface area contributed by atoms with Crippen molar-refractivity contribution in [3.63, 3.8) is 0 Å². The zero-order valence-electron chi connectivity index (χ0n) is 12.6. The van der Waals surface area contributed by atoms with Crippen LogP contribution in [0.1, 0.15) is 18.4 Å². The molecule has 1 atom stereocenters. The lowest BCUT2D eigenvalue weighted by atomic mass is 10.2. The molecule has 7 heteroatoms. The molecule has 0 bridgehead atoms. The predicted octanol–water partition coefficient (Wildman–Crippen LogP) is 2.08. The Bertz CT molecular complexity index is 694. The normalized spacial score (nSPS) is 21.3. The predicted molar refractivity (Wildman–Crippen MR) is 85.5 cm³/mol. The van der Waals surface area contributed by atoms with Crippen LogP contribution in [0.25, 0.3) is 0 Å². The summed E-state index contributed by atoms with van der Waals surface area (Å²) >= 11 is -1.23.